The van der Waals surface area contributed by atoms with Gasteiger partial charge in [-0.05, 0) is 43.3 Å². The largest absolute Gasteiger partial charge is 0.315 e. The summed E-state index contributed by atoms with van der Waals surface area (Å²) in [6, 6.07) is 15.3. The monoisotopic (exact) mass is 435 g/mol. The van der Waals surface area contributed by atoms with Crippen molar-refractivity contribution in [1.29, 1.82) is 0 Å². The van der Waals surface area contributed by atoms with Gasteiger partial charge in [0.15, 0.2) is 11.2 Å². The van der Waals surface area contributed by atoms with Gasteiger partial charge in [-0.3, -0.25) is 9.36 Å². The van der Waals surface area contributed by atoms with Crippen molar-refractivity contribution in [3.8, 4) is 5.69 Å². The van der Waals surface area contributed by atoms with Gasteiger partial charge >= 0.3 is 0 Å². The summed E-state index contributed by atoms with van der Waals surface area (Å²) in [5.74, 6) is 0.685. The molecule has 0 N–H and O–H groups in total. The molecule has 0 saturated heterocycles. The van der Waals surface area contributed by atoms with Crippen molar-refractivity contribution in [2.75, 3.05) is 0 Å². The standard InChI is InChI=1S/C22H18ClN5OS/c1-2-27-13-24-20-21(27)26-18(28(22(20)29)15-9-7-14(23)8-10-15)11-12-19-25-16-5-3-4-6-17(16)30-19/h3-10,13H,2,11-12H2,1H3. The molecule has 30 heavy (non-hydrogen) atoms. The minimum Gasteiger partial charge on any atom is -0.315 e. The van der Waals surface area contributed by atoms with Gasteiger partial charge in [0.25, 0.3) is 5.56 Å². The third-order valence-electron chi connectivity index (χ3n) is 5.03. The second-order valence-electron chi connectivity index (χ2n) is 6.92. The zero-order chi connectivity index (χ0) is 20.7. The third kappa shape index (κ3) is 3.30. The molecule has 5 aromatic rings. The molecule has 0 radical (unpaired) electrons. The number of hydrogen-bond acceptors (Lipinski definition) is 5. The maximum atomic E-state index is 13.3. The smallest absolute Gasteiger partial charge is 0.286 e. The topological polar surface area (TPSA) is 65.6 Å². The summed E-state index contributed by atoms with van der Waals surface area (Å²) in [5, 5.41) is 1.64. The van der Waals surface area contributed by atoms with Crippen molar-refractivity contribution in [2.24, 2.45) is 0 Å². The summed E-state index contributed by atoms with van der Waals surface area (Å²) in [6.07, 6.45) is 2.95. The number of rotatable bonds is 5. The van der Waals surface area contributed by atoms with Gasteiger partial charge in [0.2, 0.25) is 0 Å². The van der Waals surface area contributed by atoms with Crippen molar-refractivity contribution in [3.05, 3.63) is 81.1 Å². The lowest BCUT2D eigenvalue weighted by Crippen LogP contribution is -2.25. The predicted molar refractivity (Wildman–Crippen MR) is 121 cm³/mol. The van der Waals surface area contributed by atoms with Gasteiger partial charge in [-0.15, -0.1) is 11.3 Å². The van der Waals surface area contributed by atoms with Gasteiger partial charge in [0, 0.05) is 24.4 Å². The van der Waals surface area contributed by atoms with E-state index < -0.39 is 0 Å². The van der Waals surface area contributed by atoms with Gasteiger partial charge in [0.1, 0.15) is 5.82 Å². The first-order chi connectivity index (χ1) is 14.6. The molecule has 0 bridgehead atoms. The van der Waals surface area contributed by atoms with Crippen LogP contribution in [-0.4, -0.2) is 24.1 Å². The Balaban J connectivity index is 1.61. The number of thiazole rings is 1. The maximum Gasteiger partial charge on any atom is 0.286 e. The van der Waals surface area contributed by atoms with E-state index in [9.17, 15) is 4.79 Å². The van der Waals surface area contributed by atoms with E-state index >= 15 is 0 Å². The lowest BCUT2D eigenvalue weighted by Gasteiger charge is -2.12. The molecule has 0 atom stereocenters. The summed E-state index contributed by atoms with van der Waals surface area (Å²) in [5.41, 5.74) is 2.54. The first kappa shape index (κ1) is 19.0. The fraction of sp³-hybridized carbons (Fsp3) is 0.182. The lowest BCUT2D eigenvalue weighted by atomic mass is 10.2. The van der Waals surface area contributed by atoms with Crippen LogP contribution in [0.2, 0.25) is 5.02 Å². The number of benzene rings is 2. The van der Waals surface area contributed by atoms with Gasteiger partial charge in [-0.2, -0.15) is 0 Å². The SMILES string of the molecule is CCn1cnc2c(=O)n(-c3ccc(Cl)cc3)c(CCc3nc4ccccc4s3)nc21. The molecule has 0 aliphatic rings. The van der Waals surface area contributed by atoms with Crippen LogP contribution in [0.3, 0.4) is 0 Å². The average Bonchev–Trinajstić information content (AvgIpc) is 3.36. The molecule has 5 rings (SSSR count). The van der Waals surface area contributed by atoms with Crippen LogP contribution in [0, 0.1) is 0 Å². The Bertz CT molecular complexity index is 1380. The number of aromatic nitrogens is 5. The molecule has 0 amide bonds. The number of para-hydroxylation sites is 1. The number of imidazole rings is 1. The summed E-state index contributed by atoms with van der Waals surface area (Å²) in [4.78, 5) is 27.2. The van der Waals surface area contributed by atoms with Crippen LogP contribution >= 0.6 is 22.9 Å². The molecular formula is C22H18ClN5OS. The van der Waals surface area contributed by atoms with Crippen LogP contribution in [0.4, 0.5) is 0 Å². The van der Waals surface area contributed by atoms with E-state index in [4.69, 9.17) is 21.6 Å². The van der Waals surface area contributed by atoms with E-state index in [0.29, 0.717) is 41.4 Å². The van der Waals surface area contributed by atoms with E-state index in [-0.39, 0.29) is 5.56 Å². The Morgan fingerprint density at radius 1 is 1.03 bits per heavy atom. The first-order valence-electron chi connectivity index (χ1n) is 9.71. The van der Waals surface area contributed by atoms with E-state index in [2.05, 4.69) is 11.1 Å². The lowest BCUT2D eigenvalue weighted by molar-refractivity contribution is 0.750. The van der Waals surface area contributed by atoms with Gasteiger partial charge < -0.3 is 4.57 Å². The highest BCUT2D eigenvalue weighted by Crippen LogP contribution is 2.23. The number of aryl methyl sites for hydroxylation is 3. The summed E-state index contributed by atoms with van der Waals surface area (Å²) < 4.78 is 4.69. The fourth-order valence-corrected chi connectivity index (χ4v) is 4.63. The molecule has 0 aliphatic heterocycles. The summed E-state index contributed by atoms with van der Waals surface area (Å²) >= 11 is 7.73. The molecule has 8 heteroatoms. The Labute approximate surface area is 181 Å². The molecule has 3 heterocycles. The van der Waals surface area contributed by atoms with Crippen molar-refractivity contribution >= 4 is 44.3 Å². The fourth-order valence-electron chi connectivity index (χ4n) is 3.54. The Kier molecular flexibility index (Phi) is 4.84. The third-order valence-corrected chi connectivity index (χ3v) is 6.38. The van der Waals surface area contributed by atoms with Crippen molar-refractivity contribution in [1.82, 2.24) is 24.1 Å². The minimum absolute atomic E-state index is 0.172. The minimum atomic E-state index is -0.172. The first-order valence-corrected chi connectivity index (χ1v) is 10.9. The van der Waals surface area contributed by atoms with Crippen molar-refractivity contribution < 1.29 is 0 Å². The highest BCUT2D eigenvalue weighted by Gasteiger charge is 2.17. The molecule has 3 aromatic heterocycles. The molecule has 2 aromatic carbocycles. The van der Waals surface area contributed by atoms with Crippen molar-refractivity contribution in [2.45, 2.75) is 26.3 Å². The number of hydrogen-bond donors (Lipinski definition) is 0. The van der Waals surface area contributed by atoms with Crippen LogP contribution in [0.1, 0.15) is 17.8 Å². The summed E-state index contributed by atoms with van der Waals surface area (Å²) in [6.45, 7) is 2.71. The van der Waals surface area contributed by atoms with Crippen LogP contribution in [0.25, 0.3) is 27.1 Å². The van der Waals surface area contributed by atoms with Gasteiger partial charge in [0.05, 0.1) is 27.2 Å². The Morgan fingerprint density at radius 3 is 2.60 bits per heavy atom. The second kappa shape index (κ2) is 7.66. The molecule has 6 nitrogen and oxygen atoms in total. The Morgan fingerprint density at radius 2 is 1.83 bits per heavy atom. The van der Waals surface area contributed by atoms with E-state index in [1.807, 2.05) is 41.8 Å². The maximum absolute atomic E-state index is 13.3. The summed E-state index contributed by atoms with van der Waals surface area (Å²) in [7, 11) is 0. The molecule has 0 aliphatic carbocycles. The molecule has 0 fully saturated rings. The molecule has 0 spiro atoms. The van der Waals surface area contributed by atoms with Crippen LogP contribution in [0.5, 0.6) is 0 Å². The van der Waals surface area contributed by atoms with Crippen LogP contribution in [0.15, 0.2) is 59.7 Å². The molecular weight excluding hydrogens is 418 g/mol. The van der Waals surface area contributed by atoms with Crippen LogP contribution < -0.4 is 5.56 Å². The quantitative estimate of drug-likeness (QED) is 0.403. The highest BCUT2D eigenvalue weighted by atomic mass is 35.5. The zero-order valence-electron chi connectivity index (χ0n) is 16.2. The highest BCUT2D eigenvalue weighted by molar-refractivity contribution is 7.18. The van der Waals surface area contributed by atoms with Crippen LogP contribution in [-0.2, 0) is 19.4 Å². The normalized spacial score (nSPS) is 11.5. The molecule has 150 valence electrons. The molecule has 0 saturated carbocycles. The number of nitrogens with zero attached hydrogens (tertiary/aromatic N) is 5. The number of fused-ring (bicyclic) bond motifs is 2. The van der Waals surface area contributed by atoms with Gasteiger partial charge in [-0.25, -0.2) is 15.0 Å². The number of halogens is 1. The van der Waals surface area contributed by atoms with Gasteiger partial charge in [-0.1, -0.05) is 23.7 Å². The van der Waals surface area contributed by atoms with E-state index in [0.717, 1.165) is 20.9 Å². The second-order valence-corrected chi connectivity index (χ2v) is 8.47. The van der Waals surface area contributed by atoms with E-state index in [1.165, 1.54) is 0 Å². The van der Waals surface area contributed by atoms with Crippen molar-refractivity contribution in [3.63, 3.8) is 0 Å². The Hall–Kier alpha value is -3.03. The predicted octanol–water partition coefficient (Wildman–Crippen LogP) is 4.65. The van der Waals surface area contributed by atoms with E-state index in [1.54, 1.807) is 34.4 Å². The molecule has 0 unspecified atom stereocenters. The average molecular weight is 436 g/mol. The zero-order valence-corrected chi connectivity index (χ0v) is 17.8.